The van der Waals surface area contributed by atoms with Crippen LogP contribution in [0.5, 0.6) is 0 Å². The molecule has 0 spiro atoms. The first-order valence-corrected chi connectivity index (χ1v) is 6.51. The first-order valence-electron chi connectivity index (χ1n) is 6.14. The molecule has 2 aromatic rings. The van der Waals surface area contributed by atoms with Crippen LogP contribution >= 0.6 is 11.6 Å². The summed E-state index contributed by atoms with van der Waals surface area (Å²) in [5.41, 5.74) is 0.0877. The molecule has 114 valence electrons. The molecule has 1 aromatic carbocycles. The fourth-order valence-electron chi connectivity index (χ4n) is 1.66. The highest BCUT2D eigenvalue weighted by molar-refractivity contribution is 6.31. The standard InChI is InChI=1S/C14H11ClN2O5/c1-7(18)16-13(20)11-6-9-5-10(15)3-4-12(9)21-14(11)17-22-8(2)19/h3-6H,1-2H3,(H,16,18,20). The summed E-state index contributed by atoms with van der Waals surface area (Å²) in [6.45, 7) is 2.34. The maximum Gasteiger partial charge on any atom is 0.332 e. The molecule has 0 saturated heterocycles. The van der Waals surface area contributed by atoms with Crippen molar-refractivity contribution in [1.29, 1.82) is 0 Å². The predicted molar refractivity (Wildman–Crippen MR) is 76.7 cm³/mol. The average Bonchev–Trinajstić information content (AvgIpc) is 2.43. The molecule has 22 heavy (non-hydrogen) atoms. The Morgan fingerprint density at radius 1 is 1.23 bits per heavy atom. The van der Waals surface area contributed by atoms with E-state index >= 15 is 0 Å². The van der Waals surface area contributed by atoms with E-state index < -0.39 is 17.8 Å². The summed E-state index contributed by atoms with van der Waals surface area (Å²) in [6.07, 6.45) is 0. The third kappa shape index (κ3) is 3.70. The lowest BCUT2D eigenvalue weighted by Crippen LogP contribution is -2.32. The van der Waals surface area contributed by atoms with Crippen LogP contribution in [0.1, 0.15) is 24.2 Å². The van der Waals surface area contributed by atoms with Crippen molar-refractivity contribution in [2.24, 2.45) is 5.16 Å². The number of fused-ring (bicyclic) bond motifs is 1. The van der Waals surface area contributed by atoms with E-state index in [-0.39, 0.29) is 11.1 Å². The molecule has 0 atom stereocenters. The molecule has 0 radical (unpaired) electrons. The number of carbonyl (C=O) groups is 3. The van der Waals surface area contributed by atoms with Gasteiger partial charge in [0.1, 0.15) is 11.1 Å². The van der Waals surface area contributed by atoms with Gasteiger partial charge in [-0.2, -0.15) is 0 Å². The van der Waals surface area contributed by atoms with Gasteiger partial charge in [-0.3, -0.25) is 14.9 Å². The van der Waals surface area contributed by atoms with Crippen LogP contribution in [0.4, 0.5) is 0 Å². The van der Waals surface area contributed by atoms with E-state index in [4.69, 9.17) is 16.0 Å². The molecule has 2 rings (SSSR count). The summed E-state index contributed by atoms with van der Waals surface area (Å²) < 4.78 is 5.43. The zero-order chi connectivity index (χ0) is 16.3. The number of hydrogen-bond donors (Lipinski definition) is 1. The molecule has 0 saturated carbocycles. The minimum absolute atomic E-state index is 0.0637. The first-order chi connectivity index (χ1) is 10.4. The lowest BCUT2D eigenvalue weighted by molar-refractivity contribution is -0.141. The summed E-state index contributed by atoms with van der Waals surface area (Å²) in [6, 6.07) is 6.20. The molecule has 0 aliphatic rings. The van der Waals surface area contributed by atoms with Crippen LogP contribution < -0.4 is 10.9 Å². The highest BCUT2D eigenvalue weighted by atomic mass is 35.5. The molecule has 1 heterocycles. The van der Waals surface area contributed by atoms with Crippen LogP contribution in [0.2, 0.25) is 5.02 Å². The minimum Gasteiger partial charge on any atom is -0.435 e. The largest absolute Gasteiger partial charge is 0.435 e. The third-order valence-corrected chi connectivity index (χ3v) is 2.74. The molecule has 0 fully saturated rings. The van der Waals surface area contributed by atoms with Gasteiger partial charge in [-0.1, -0.05) is 11.6 Å². The van der Waals surface area contributed by atoms with Crippen LogP contribution in [-0.4, -0.2) is 17.8 Å². The van der Waals surface area contributed by atoms with E-state index in [1.165, 1.54) is 13.0 Å². The lowest BCUT2D eigenvalue weighted by Gasteiger charge is -2.04. The van der Waals surface area contributed by atoms with E-state index in [0.29, 0.717) is 16.0 Å². The summed E-state index contributed by atoms with van der Waals surface area (Å²) in [7, 11) is 0. The molecule has 1 aromatic heterocycles. The van der Waals surface area contributed by atoms with E-state index in [2.05, 4.69) is 15.3 Å². The Bertz CT molecular complexity index is 841. The lowest BCUT2D eigenvalue weighted by atomic mass is 10.2. The van der Waals surface area contributed by atoms with Crippen molar-refractivity contribution in [2.45, 2.75) is 13.8 Å². The van der Waals surface area contributed by atoms with Crippen molar-refractivity contribution < 1.29 is 23.6 Å². The van der Waals surface area contributed by atoms with E-state index in [1.54, 1.807) is 18.2 Å². The number of nitrogens with one attached hydrogen (secondary N) is 1. The number of hydrogen-bond acceptors (Lipinski definition) is 6. The SMILES string of the molecule is CC(=O)NC(=O)c1cc2cc(Cl)ccc2oc1=NOC(C)=O. The number of benzene rings is 1. The predicted octanol–water partition coefficient (Wildman–Crippen LogP) is 1.74. The molecular weight excluding hydrogens is 312 g/mol. The first kappa shape index (κ1) is 15.7. The van der Waals surface area contributed by atoms with Gasteiger partial charge in [-0.05, 0) is 29.4 Å². The van der Waals surface area contributed by atoms with Crippen molar-refractivity contribution in [3.05, 3.63) is 40.4 Å². The maximum absolute atomic E-state index is 12.0. The van der Waals surface area contributed by atoms with Crippen molar-refractivity contribution in [1.82, 2.24) is 5.32 Å². The highest BCUT2D eigenvalue weighted by Crippen LogP contribution is 2.18. The van der Waals surface area contributed by atoms with E-state index in [0.717, 1.165) is 6.92 Å². The van der Waals surface area contributed by atoms with E-state index in [9.17, 15) is 14.4 Å². The number of halogens is 1. The van der Waals surface area contributed by atoms with Crippen LogP contribution in [0.25, 0.3) is 11.0 Å². The number of amides is 2. The second kappa shape index (κ2) is 6.40. The Kier molecular flexibility index (Phi) is 4.57. The molecule has 0 bridgehead atoms. The van der Waals surface area contributed by atoms with Crippen LogP contribution in [0.15, 0.2) is 33.8 Å². The smallest absolute Gasteiger partial charge is 0.332 e. The Morgan fingerprint density at radius 2 is 1.95 bits per heavy atom. The monoisotopic (exact) mass is 322 g/mol. The topological polar surface area (TPSA) is 98.0 Å². The van der Waals surface area contributed by atoms with Crippen molar-refractivity contribution in [3.63, 3.8) is 0 Å². The van der Waals surface area contributed by atoms with E-state index in [1.807, 2.05) is 0 Å². The van der Waals surface area contributed by atoms with Gasteiger partial charge in [0.05, 0.1) is 0 Å². The fourth-order valence-corrected chi connectivity index (χ4v) is 1.85. The second-order valence-corrected chi connectivity index (χ2v) is 4.77. The quantitative estimate of drug-likeness (QED) is 0.671. The van der Waals surface area contributed by atoms with Gasteiger partial charge in [0.15, 0.2) is 0 Å². The zero-order valence-corrected chi connectivity index (χ0v) is 12.4. The summed E-state index contributed by atoms with van der Waals surface area (Å²) in [5, 5.41) is 6.56. The Labute approximate surface area is 129 Å². The highest BCUT2D eigenvalue weighted by Gasteiger charge is 2.14. The molecule has 0 unspecified atom stereocenters. The van der Waals surface area contributed by atoms with Gasteiger partial charge < -0.3 is 9.25 Å². The Hall–Kier alpha value is -2.67. The molecule has 8 heteroatoms. The van der Waals surface area contributed by atoms with Crippen molar-refractivity contribution in [2.75, 3.05) is 0 Å². The summed E-state index contributed by atoms with van der Waals surface area (Å²) in [5.74, 6) is -1.96. The normalized spacial score (nSPS) is 11.3. The molecule has 7 nitrogen and oxygen atoms in total. The summed E-state index contributed by atoms with van der Waals surface area (Å²) >= 11 is 5.89. The average molecular weight is 323 g/mol. The molecule has 1 N–H and O–H groups in total. The Morgan fingerprint density at radius 3 is 2.59 bits per heavy atom. The number of rotatable bonds is 2. The zero-order valence-electron chi connectivity index (χ0n) is 11.7. The molecular formula is C14H11ClN2O5. The maximum atomic E-state index is 12.0. The van der Waals surface area contributed by atoms with Crippen molar-refractivity contribution >= 4 is 40.4 Å². The van der Waals surface area contributed by atoms with Gasteiger partial charge >= 0.3 is 5.97 Å². The van der Waals surface area contributed by atoms with Gasteiger partial charge in [0.25, 0.3) is 11.5 Å². The number of carbonyl (C=O) groups excluding carboxylic acids is 3. The minimum atomic E-state index is -0.732. The van der Waals surface area contributed by atoms with Crippen LogP contribution in [0.3, 0.4) is 0 Å². The molecule has 0 aliphatic heterocycles. The molecule has 2 amide bonds. The fraction of sp³-hybridized carbons (Fsp3) is 0.143. The second-order valence-electron chi connectivity index (χ2n) is 4.33. The third-order valence-electron chi connectivity index (χ3n) is 2.50. The number of imide groups is 1. The summed E-state index contributed by atoms with van der Waals surface area (Å²) in [4.78, 5) is 38.4. The van der Waals surface area contributed by atoms with Crippen LogP contribution in [0, 0.1) is 0 Å². The Balaban J connectivity index is 2.65. The van der Waals surface area contributed by atoms with Gasteiger partial charge in [-0.25, -0.2) is 4.79 Å². The van der Waals surface area contributed by atoms with Gasteiger partial charge in [-0.15, -0.1) is 0 Å². The van der Waals surface area contributed by atoms with Crippen LogP contribution in [-0.2, 0) is 14.4 Å². The van der Waals surface area contributed by atoms with Gasteiger partial charge in [0.2, 0.25) is 5.91 Å². The van der Waals surface area contributed by atoms with Gasteiger partial charge in [0, 0.05) is 24.3 Å². The molecule has 0 aliphatic carbocycles. The number of nitrogens with zero attached hydrogens (tertiary/aromatic N) is 1. The van der Waals surface area contributed by atoms with Crippen molar-refractivity contribution in [3.8, 4) is 0 Å².